The molecule has 7 heteroatoms. The van der Waals surface area contributed by atoms with E-state index < -0.39 is 0 Å². The molecule has 0 aromatic carbocycles. The SMILES string of the molecule is C.C.C.C.C=C/C=C\C.C=CCCC.CC=O.CC=O.CO.CO.O=CC1=CCCC=C1.O=CC1=CCCC=C1.O=CC1=CCCC=C1. The predicted molar refractivity (Wildman–Crippen MR) is 214 cm³/mol. The molecular weight excluding hydrogens is 604 g/mol. The van der Waals surface area contributed by atoms with Crippen molar-refractivity contribution in [1.29, 1.82) is 0 Å². The maximum Gasteiger partial charge on any atom is 0.149 e. The van der Waals surface area contributed by atoms with Crippen molar-refractivity contribution >= 4 is 31.4 Å². The second kappa shape index (κ2) is 78.9. The van der Waals surface area contributed by atoms with Gasteiger partial charge in [0.25, 0.3) is 0 Å². The Kier molecular flexibility index (Phi) is 116. The van der Waals surface area contributed by atoms with Gasteiger partial charge in [0.05, 0.1) is 0 Å². The molecule has 3 rings (SSSR count). The summed E-state index contributed by atoms with van der Waals surface area (Å²) in [7, 11) is 2.00. The predicted octanol–water partition coefficient (Wildman–Crippen LogP) is 10.3. The Morgan fingerprint density at radius 2 is 0.854 bits per heavy atom. The summed E-state index contributed by atoms with van der Waals surface area (Å²) in [5.41, 5.74) is 2.45. The summed E-state index contributed by atoms with van der Waals surface area (Å²) < 4.78 is 0. The van der Waals surface area contributed by atoms with Crippen molar-refractivity contribution in [2.45, 2.75) is 109 Å². The molecule has 0 saturated heterocycles. The van der Waals surface area contributed by atoms with E-state index in [1.807, 2.05) is 79.8 Å². The highest BCUT2D eigenvalue weighted by molar-refractivity contribution is 5.78. The molecule has 0 atom stereocenters. The van der Waals surface area contributed by atoms with Gasteiger partial charge >= 0.3 is 0 Å². The molecule has 3 aliphatic rings. The molecular formula is C41H74O7. The van der Waals surface area contributed by atoms with Gasteiger partial charge in [-0.25, -0.2) is 0 Å². The van der Waals surface area contributed by atoms with Crippen LogP contribution in [0.2, 0.25) is 0 Å². The van der Waals surface area contributed by atoms with E-state index in [1.54, 1.807) is 6.08 Å². The summed E-state index contributed by atoms with van der Waals surface area (Å²) in [6.45, 7) is 14.0. The Bertz CT molecular complexity index is 793. The van der Waals surface area contributed by atoms with Crippen LogP contribution in [0.3, 0.4) is 0 Å². The van der Waals surface area contributed by atoms with Crippen LogP contribution in [0.25, 0.3) is 0 Å². The number of aliphatic hydroxyl groups is 2. The Labute approximate surface area is 297 Å². The third-order valence-corrected chi connectivity index (χ3v) is 4.30. The third kappa shape index (κ3) is 78.4. The zero-order valence-electron chi connectivity index (χ0n) is 27.9. The zero-order chi connectivity index (χ0) is 35.1. The van der Waals surface area contributed by atoms with Crippen molar-refractivity contribution in [2.24, 2.45) is 0 Å². The van der Waals surface area contributed by atoms with Crippen molar-refractivity contribution in [3.63, 3.8) is 0 Å². The first-order chi connectivity index (χ1) is 21.5. The van der Waals surface area contributed by atoms with E-state index in [0.717, 1.165) is 107 Å². The lowest BCUT2D eigenvalue weighted by atomic mass is 10.1. The van der Waals surface area contributed by atoms with E-state index >= 15 is 0 Å². The minimum absolute atomic E-state index is 0. The largest absolute Gasteiger partial charge is 0.400 e. The number of aliphatic hydroxyl groups excluding tert-OH is 2. The van der Waals surface area contributed by atoms with Crippen LogP contribution in [0.15, 0.2) is 109 Å². The molecule has 3 aliphatic carbocycles. The van der Waals surface area contributed by atoms with Gasteiger partial charge in [-0.2, -0.15) is 0 Å². The van der Waals surface area contributed by atoms with E-state index in [4.69, 9.17) is 19.8 Å². The van der Waals surface area contributed by atoms with E-state index in [2.05, 4.69) is 20.1 Å². The van der Waals surface area contributed by atoms with Gasteiger partial charge in [0.2, 0.25) is 0 Å². The van der Waals surface area contributed by atoms with Crippen LogP contribution < -0.4 is 0 Å². The number of rotatable bonds is 6. The van der Waals surface area contributed by atoms with Gasteiger partial charge in [0.1, 0.15) is 31.4 Å². The first-order valence-electron chi connectivity index (χ1n) is 14.5. The Morgan fingerprint density at radius 1 is 0.583 bits per heavy atom. The summed E-state index contributed by atoms with van der Waals surface area (Å²) in [6.07, 6.45) is 37.8. The number of aldehydes is 5. The molecule has 0 fully saturated rings. The highest BCUT2D eigenvalue weighted by Crippen LogP contribution is 2.07. The second-order valence-electron chi connectivity index (χ2n) is 7.72. The molecule has 0 heterocycles. The monoisotopic (exact) mass is 679 g/mol. The molecule has 0 aromatic rings. The second-order valence-corrected chi connectivity index (χ2v) is 7.72. The molecule has 0 amide bonds. The maximum absolute atomic E-state index is 10.0. The minimum atomic E-state index is 0. The van der Waals surface area contributed by atoms with Crippen LogP contribution in [0.1, 0.15) is 109 Å². The molecule has 0 saturated carbocycles. The number of carbonyl (C=O) groups excluding carboxylic acids is 5. The van der Waals surface area contributed by atoms with Crippen LogP contribution in [0, 0.1) is 0 Å². The number of unbranched alkanes of at least 4 members (excludes halogenated alkanes) is 1. The molecule has 2 N–H and O–H groups in total. The topological polar surface area (TPSA) is 126 Å². The molecule has 7 nitrogen and oxygen atoms in total. The van der Waals surface area contributed by atoms with Crippen molar-refractivity contribution in [3.8, 4) is 0 Å². The molecule has 0 spiro atoms. The van der Waals surface area contributed by atoms with Gasteiger partial charge in [-0.1, -0.05) is 129 Å². The molecule has 0 radical (unpaired) electrons. The standard InChI is InChI=1S/3C7H8O.C5H10.C5H8.2C2H4O.2CH4O.4CH4/c3*8-6-7-4-2-1-3-5-7;2*1-3-5-4-2;2*1-2-3;2*1-2;;;;/h3*2,4-6H,1,3H2;3H,1,4-5H2,2H3;3-5H,1H2,2H3;2*2H,1H3;2*2H,1H3;4*1H4/b;;;;5-4-;;;;;;;;. The normalized spacial score (nSPS) is 11.4. The van der Waals surface area contributed by atoms with Gasteiger partial charge < -0.3 is 19.8 Å². The first kappa shape index (κ1) is 70.3. The van der Waals surface area contributed by atoms with Crippen LogP contribution in [0.5, 0.6) is 0 Å². The average molecular weight is 679 g/mol. The smallest absolute Gasteiger partial charge is 0.149 e. The fourth-order valence-corrected chi connectivity index (χ4v) is 2.50. The lowest BCUT2D eigenvalue weighted by Crippen LogP contribution is -1.83. The lowest BCUT2D eigenvalue weighted by Gasteiger charge is -1.95. The van der Waals surface area contributed by atoms with Crippen molar-refractivity contribution in [1.82, 2.24) is 0 Å². The van der Waals surface area contributed by atoms with Crippen molar-refractivity contribution in [3.05, 3.63) is 109 Å². The molecule has 0 unspecified atom stereocenters. The van der Waals surface area contributed by atoms with Gasteiger partial charge in [0, 0.05) is 30.9 Å². The highest BCUT2D eigenvalue weighted by Gasteiger charge is 1.93. The average Bonchev–Trinajstić information content (AvgIpc) is 3.10. The number of allylic oxidation sites excluding steroid dienone is 16. The van der Waals surface area contributed by atoms with E-state index in [-0.39, 0.29) is 29.7 Å². The maximum atomic E-state index is 10.0. The summed E-state index contributed by atoms with van der Waals surface area (Å²) in [5.74, 6) is 0. The zero-order valence-corrected chi connectivity index (χ0v) is 27.9. The van der Waals surface area contributed by atoms with Crippen LogP contribution >= 0.6 is 0 Å². The quantitative estimate of drug-likeness (QED) is 0.163. The van der Waals surface area contributed by atoms with E-state index in [1.165, 1.54) is 20.3 Å². The molecule has 280 valence electrons. The van der Waals surface area contributed by atoms with Crippen molar-refractivity contribution < 1.29 is 34.2 Å². The van der Waals surface area contributed by atoms with Gasteiger partial charge in [-0.05, 0) is 65.7 Å². The van der Waals surface area contributed by atoms with Gasteiger partial charge in [0.15, 0.2) is 0 Å². The summed E-state index contributed by atoms with van der Waals surface area (Å²) in [6, 6.07) is 0. The number of hydrogen-bond acceptors (Lipinski definition) is 7. The Hall–Kier alpha value is -4.07. The summed E-state index contributed by atoms with van der Waals surface area (Å²) in [4.78, 5) is 47.7. The summed E-state index contributed by atoms with van der Waals surface area (Å²) in [5, 5.41) is 14.0. The molecule has 48 heavy (non-hydrogen) atoms. The van der Waals surface area contributed by atoms with Crippen molar-refractivity contribution in [2.75, 3.05) is 14.2 Å². The van der Waals surface area contributed by atoms with Gasteiger partial charge in [-0.3, -0.25) is 14.4 Å². The van der Waals surface area contributed by atoms with E-state index in [0.29, 0.717) is 0 Å². The number of hydrogen-bond donors (Lipinski definition) is 2. The van der Waals surface area contributed by atoms with E-state index in [9.17, 15) is 14.4 Å². The summed E-state index contributed by atoms with van der Waals surface area (Å²) >= 11 is 0. The lowest BCUT2D eigenvalue weighted by molar-refractivity contribution is -0.106. The van der Waals surface area contributed by atoms with Gasteiger partial charge in [-0.15, -0.1) is 6.58 Å². The molecule has 0 aromatic heterocycles. The molecule has 0 bridgehead atoms. The fraction of sp³-hybridized carbons (Fsp3) is 0.439. The molecule has 0 aliphatic heterocycles. The third-order valence-electron chi connectivity index (χ3n) is 4.30. The Balaban J connectivity index is -0.0000000436. The highest BCUT2D eigenvalue weighted by atomic mass is 16.2. The Morgan fingerprint density at radius 3 is 0.917 bits per heavy atom. The van der Waals surface area contributed by atoms with Crippen LogP contribution in [-0.4, -0.2) is 55.9 Å². The van der Waals surface area contributed by atoms with Crippen LogP contribution in [-0.2, 0) is 24.0 Å². The minimum Gasteiger partial charge on any atom is -0.400 e. The first-order valence-corrected chi connectivity index (χ1v) is 14.5. The van der Waals surface area contributed by atoms with Crippen LogP contribution in [0.4, 0.5) is 0 Å². The fourth-order valence-electron chi connectivity index (χ4n) is 2.50. The number of carbonyl (C=O) groups is 5.